The SMILES string of the molecule is COc1ccccc1Cc1cc(C(=O)NC2CCS(=O)(=O)C2)ccn1. The van der Waals surface area contributed by atoms with E-state index >= 15 is 0 Å². The molecule has 0 bridgehead atoms. The minimum Gasteiger partial charge on any atom is -0.496 e. The summed E-state index contributed by atoms with van der Waals surface area (Å²) in [5.41, 5.74) is 2.21. The van der Waals surface area contributed by atoms with Crippen LogP contribution in [0.3, 0.4) is 0 Å². The Kier molecular flexibility index (Phi) is 5.03. The van der Waals surface area contributed by atoms with Crippen molar-refractivity contribution in [1.29, 1.82) is 0 Å². The fourth-order valence-corrected chi connectivity index (χ4v) is 4.61. The molecule has 1 aliphatic heterocycles. The second-order valence-electron chi connectivity index (χ2n) is 6.10. The highest BCUT2D eigenvalue weighted by atomic mass is 32.2. The number of hydrogen-bond acceptors (Lipinski definition) is 5. The maximum absolute atomic E-state index is 12.4. The number of carbonyl (C=O) groups is 1. The number of amides is 1. The highest BCUT2D eigenvalue weighted by Crippen LogP contribution is 2.20. The minimum atomic E-state index is -3.02. The summed E-state index contributed by atoms with van der Waals surface area (Å²) in [4.78, 5) is 16.7. The van der Waals surface area contributed by atoms with Crippen molar-refractivity contribution in [3.8, 4) is 5.75 Å². The number of pyridine rings is 1. The summed E-state index contributed by atoms with van der Waals surface area (Å²) >= 11 is 0. The van der Waals surface area contributed by atoms with Crippen molar-refractivity contribution in [2.45, 2.75) is 18.9 Å². The molecule has 1 N–H and O–H groups in total. The molecule has 7 heteroatoms. The largest absolute Gasteiger partial charge is 0.496 e. The zero-order chi connectivity index (χ0) is 17.9. The number of sulfone groups is 1. The van der Waals surface area contributed by atoms with Crippen molar-refractivity contribution in [3.63, 3.8) is 0 Å². The molecule has 1 atom stereocenters. The number of nitrogens with one attached hydrogen (secondary N) is 1. The van der Waals surface area contributed by atoms with Crippen LogP contribution in [0.25, 0.3) is 0 Å². The summed E-state index contributed by atoms with van der Waals surface area (Å²) < 4.78 is 28.3. The molecule has 2 aromatic rings. The number of nitrogens with zero attached hydrogens (tertiary/aromatic N) is 1. The third-order valence-corrected chi connectivity index (χ3v) is 5.98. The van der Waals surface area contributed by atoms with Gasteiger partial charge in [-0.3, -0.25) is 9.78 Å². The van der Waals surface area contributed by atoms with Gasteiger partial charge in [0.25, 0.3) is 5.91 Å². The standard InChI is InChI=1S/C18H20N2O4S/c1-24-17-5-3-2-4-13(17)10-16-11-14(6-8-19-16)18(21)20-15-7-9-25(22,23)12-15/h2-6,8,11,15H,7,9-10,12H2,1H3,(H,20,21). The Bertz CT molecular complexity index is 880. The molecule has 0 saturated carbocycles. The third-order valence-electron chi connectivity index (χ3n) is 4.21. The Hall–Kier alpha value is -2.41. The van der Waals surface area contributed by atoms with Crippen molar-refractivity contribution in [2.24, 2.45) is 0 Å². The van der Waals surface area contributed by atoms with Gasteiger partial charge in [-0.15, -0.1) is 0 Å². The lowest BCUT2D eigenvalue weighted by atomic mass is 10.1. The van der Waals surface area contributed by atoms with Crippen LogP contribution in [-0.4, -0.2) is 44.0 Å². The summed E-state index contributed by atoms with van der Waals surface area (Å²) in [5.74, 6) is 0.645. The summed E-state index contributed by atoms with van der Waals surface area (Å²) in [7, 11) is -1.40. The van der Waals surface area contributed by atoms with E-state index in [0.717, 1.165) is 17.0 Å². The van der Waals surface area contributed by atoms with Gasteiger partial charge in [0, 0.05) is 35.5 Å². The smallest absolute Gasteiger partial charge is 0.251 e. The molecule has 0 spiro atoms. The molecular weight excluding hydrogens is 340 g/mol. The normalized spacial score (nSPS) is 18.7. The average Bonchev–Trinajstić information content (AvgIpc) is 2.94. The average molecular weight is 360 g/mol. The molecule has 0 aliphatic carbocycles. The molecular formula is C18H20N2O4S. The van der Waals surface area contributed by atoms with Gasteiger partial charge in [0.1, 0.15) is 5.75 Å². The van der Waals surface area contributed by atoms with Gasteiger partial charge in [-0.25, -0.2) is 8.42 Å². The van der Waals surface area contributed by atoms with Crippen LogP contribution < -0.4 is 10.1 Å². The summed E-state index contributed by atoms with van der Waals surface area (Å²) in [6.45, 7) is 0. The van der Waals surface area contributed by atoms with Gasteiger partial charge >= 0.3 is 0 Å². The van der Waals surface area contributed by atoms with E-state index in [1.165, 1.54) is 0 Å². The lowest BCUT2D eigenvalue weighted by Gasteiger charge is -2.12. The van der Waals surface area contributed by atoms with E-state index < -0.39 is 9.84 Å². The molecule has 1 aromatic carbocycles. The molecule has 0 radical (unpaired) electrons. The maximum Gasteiger partial charge on any atom is 0.251 e. The highest BCUT2D eigenvalue weighted by molar-refractivity contribution is 7.91. The van der Waals surface area contributed by atoms with Crippen molar-refractivity contribution in [2.75, 3.05) is 18.6 Å². The molecule has 1 amide bonds. The van der Waals surface area contributed by atoms with E-state index in [2.05, 4.69) is 10.3 Å². The zero-order valence-corrected chi connectivity index (χ0v) is 14.8. The Labute approximate surface area is 147 Å². The number of methoxy groups -OCH3 is 1. The number of benzene rings is 1. The molecule has 1 unspecified atom stereocenters. The van der Waals surface area contributed by atoms with Crippen LogP contribution in [-0.2, 0) is 16.3 Å². The van der Waals surface area contributed by atoms with Gasteiger partial charge < -0.3 is 10.1 Å². The van der Waals surface area contributed by atoms with Crippen LogP contribution in [0.1, 0.15) is 28.0 Å². The summed E-state index contributed by atoms with van der Waals surface area (Å²) in [5, 5.41) is 2.79. The molecule has 3 rings (SSSR count). The number of para-hydroxylation sites is 1. The van der Waals surface area contributed by atoms with E-state index in [4.69, 9.17) is 4.74 Å². The molecule has 132 valence electrons. The summed E-state index contributed by atoms with van der Waals surface area (Å²) in [6.07, 6.45) is 2.60. The number of hydrogen-bond donors (Lipinski definition) is 1. The van der Waals surface area contributed by atoms with Gasteiger partial charge in [0.2, 0.25) is 0 Å². The van der Waals surface area contributed by atoms with Crippen LogP contribution in [0, 0.1) is 0 Å². The lowest BCUT2D eigenvalue weighted by molar-refractivity contribution is 0.0941. The lowest BCUT2D eigenvalue weighted by Crippen LogP contribution is -2.35. The van der Waals surface area contributed by atoms with Gasteiger partial charge in [-0.2, -0.15) is 0 Å². The first-order valence-electron chi connectivity index (χ1n) is 8.05. The Morgan fingerprint density at radius 2 is 2.12 bits per heavy atom. The van der Waals surface area contributed by atoms with Crippen molar-refractivity contribution in [3.05, 3.63) is 59.4 Å². The van der Waals surface area contributed by atoms with Crippen LogP contribution >= 0.6 is 0 Å². The second-order valence-corrected chi connectivity index (χ2v) is 8.33. The number of carbonyl (C=O) groups excluding carboxylic acids is 1. The number of aromatic nitrogens is 1. The van der Waals surface area contributed by atoms with Crippen molar-refractivity contribution < 1.29 is 17.9 Å². The first kappa shape index (κ1) is 17.4. The Morgan fingerprint density at radius 3 is 2.84 bits per heavy atom. The molecule has 1 fully saturated rings. The fraction of sp³-hybridized carbons (Fsp3) is 0.333. The molecule has 1 aliphatic rings. The van der Waals surface area contributed by atoms with Crippen LogP contribution in [0.4, 0.5) is 0 Å². The van der Waals surface area contributed by atoms with Gasteiger partial charge in [-0.1, -0.05) is 18.2 Å². The van der Waals surface area contributed by atoms with Crippen molar-refractivity contribution >= 4 is 15.7 Å². The number of ether oxygens (including phenoxy) is 1. The predicted octanol–water partition coefficient (Wildman–Crippen LogP) is 1.60. The monoisotopic (exact) mass is 360 g/mol. The van der Waals surface area contributed by atoms with Gasteiger partial charge in [-0.05, 0) is 24.6 Å². The third kappa shape index (κ3) is 4.36. The molecule has 6 nitrogen and oxygen atoms in total. The molecule has 25 heavy (non-hydrogen) atoms. The van der Waals surface area contributed by atoms with Crippen LogP contribution in [0.15, 0.2) is 42.6 Å². The number of rotatable bonds is 5. The predicted molar refractivity (Wildman–Crippen MR) is 94.6 cm³/mol. The van der Waals surface area contributed by atoms with E-state index in [1.807, 2.05) is 24.3 Å². The van der Waals surface area contributed by atoms with E-state index in [0.29, 0.717) is 18.4 Å². The fourth-order valence-electron chi connectivity index (χ4n) is 2.94. The Morgan fingerprint density at radius 1 is 1.32 bits per heavy atom. The van der Waals surface area contributed by atoms with Crippen molar-refractivity contribution in [1.82, 2.24) is 10.3 Å². The van der Waals surface area contributed by atoms with Crippen LogP contribution in [0.2, 0.25) is 0 Å². The van der Waals surface area contributed by atoms with E-state index in [-0.39, 0.29) is 23.5 Å². The van der Waals surface area contributed by atoms with Crippen LogP contribution in [0.5, 0.6) is 5.75 Å². The minimum absolute atomic E-state index is 0.0118. The quantitative estimate of drug-likeness (QED) is 0.875. The molecule has 1 saturated heterocycles. The second kappa shape index (κ2) is 7.23. The Balaban J connectivity index is 1.72. The topological polar surface area (TPSA) is 85.4 Å². The van der Waals surface area contributed by atoms with Gasteiger partial charge in [0.15, 0.2) is 9.84 Å². The van der Waals surface area contributed by atoms with E-state index in [1.54, 1.807) is 25.4 Å². The van der Waals surface area contributed by atoms with E-state index in [9.17, 15) is 13.2 Å². The molecule has 1 aromatic heterocycles. The maximum atomic E-state index is 12.4. The highest BCUT2D eigenvalue weighted by Gasteiger charge is 2.29. The first-order chi connectivity index (χ1) is 12.0. The first-order valence-corrected chi connectivity index (χ1v) is 9.87. The van der Waals surface area contributed by atoms with Gasteiger partial charge in [0.05, 0.1) is 18.6 Å². The zero-order valence-electron chi connectivity index (χ0n) is 13.9. The molecule has 2 heterocycles. The summed E-state index contributed by atoms with van der Waals surface area (Å²) in [6, 6.07) is 10.7.